The zero-order valence-corrected chi connectivity index (χ0v) is 18.6. The molecule has 9 heteroatoms. The van der Waals surface area contributed by atoms with E-state index in [0.29, 0.717) is 30.2 Å². The maximum atomic E-state index is 12.6. The second-order valence-electron chi connectivity index (χ2n) is 8.55. The number of ketones is 1. The molecule has 1 atom stereocenters. The highest BCUT2D eigenvalue weighted by Crippen LogP contribution is 2.31. The minimum Gasteiger partial charge on any atom is -0.362 e. The molecule has 164 valence electrons. The van der Waals surface area contributed by atoms with Crippen LogP contribution >= 0.6 is 11.3 Å². The summed E-state index contributed by atoms with van der Waals surface area (Å²) in [6.45, 7) is 2.48. The molecule has 2 fully saturated rings. The highest BCUT2D eigenvalue weighted by atomic mass is 32.1. The van der Waals surface area contributed by atoms with Gasteiger partial charge in [0.1, 0.15) is 5.01 Å². The van der Waals surface area contributed by atoms with E-state index < -0.39 is 0 Å². The number of hydrogen-bond acceptors (Lipinski definition) is 8. The number of thiazole rings is 1. The molecule has 1 N–H and O–H groups in total. The summed E-state index contributed by atoms with van der Waals surface area (Å²) in [6, 6.07) is 7.99. The van der Waals surface area contributed by atoms with Crippen molar-refractivity contribution in [2.75, 3.05) is 23.3 Å². The second kappa shape index (κ2) is 8.12. The van der Waals surface area contributed by atoms with E-state index in [9.17, 15) is 4.79 Å². The summed E-state index contributed by atoms with van der Waals surface area (Å²) in [5, 5.41) is 4.47. The van der Waals surface area contributed by atoms with Gasteiger partial charge in [-0.25, -0.2) is 9.97 Å². The number of nitrogens with one attached hydrogen (secondary N) is 1. The normalized spacial score (nSPS) is 19.3. The van der Waals surface area contributed by atoms with Gasteiger partial charge in [-0.1, -0.05) is 18.6 Å². The van der Waals surface area contributed by atoms with Crippen molar-refractivity contribution in [2.24, 2.45) is 0 Å². The van der Waals surface area contributed by atoms with E-state index in [-0.39, 0.29) is 11.8 Å². The summed E-state index contributed by atoms with van der Waals surface area (Å²) in [5.41, 5.74) is 2.47. The third kappa shape index (κ3) is 3.50. The molecule has 4 heterocycles. The van der Waals surface area contributed by atoms with Crippen molar-refractivity contribution in [1.82, 2.24) is 24.5 Å². The molecule has 1 aromatic carbocycles. The summed E-state index contributed by atoms with van der Waals surface area (Å²) in [4.78, 5) is 34.0. The summed E-state index contributed by atoms with van der Waals surface area (Å²) in [5.74, 6) is 1.70. The summed E-state index contributed by atoms with van der Waals surface area (Å²) in [6.07, 6.45) is 7.59. The number of imidazole rings is 1. The molecule has 3 aromatic heterocycles. The van der Waals surface area contributed by atoms with Gasteiger partial charge in [-0.15, -0.1) is 11.3 Å². The van der Waals surface area contributed by atoms with E-state index in [4.69, 9.17) is 15.0 Å². The van der Waals surface area contributed by atoms with Crippen molar-refractivity contribution in [3.8, 4) is 0 Å². The number of Topliss-reactive ketones (excluding diaryl/α,β-unsaturated/α-hetero) is 1. The Morgan fingerprint density at radius 3 is 2.78 bits per heavy atom. The monoisotopic (exact) mass is 447 g/mol. The highest BCUT2D eigenvalue weighted by molar-refractivity contribution is 7.18. The second-order valence-corrected chi connectivity index (χ2v) is 9.66. The number of para-hydroxylation sites is 1. The number of rotatable bonds is 5. The van der Waals surface area contributed by atoms with Gasteiger partial charge in [-0.05, 0) is 37.8 Å². The molecule has 2 aliphatic rings. The zero-order valence-electron chi connectivity index (χ0n) is 17.8. The molecule has 1 saturated heterocycles. The molecule has 0 bridgehead atoms. The lowest BCUT2D eigenvalue weighted by Gasteiger charge is -2.22. The van der Waals surface area contributed by atoms with E-state index in [2.05, 4.69) is 21.3 Å². The Labute approximate surface area is 189 Å². The third-order valence-corrected chi connectivity index (χ3v) is 7.44. The third-order valence-electron chi connectivity index (χ3n) is 6.40. The van der Waals surface area contributed by atoms with Crippen LogP contribution in [0.15, 0.2) is 30.6 Å². The highest BCUT2D eigenvalue weighted by Gasteiger charge is 2.27. The average Bonchev–Trinajstić information content (AvgIpc) is 3.57. The van der Waals surface area contributed by atoms with Gasteiger partial charge in [0.2, 0.25) is 5.95 Å². The molecule has 8 nitrogen and oxygen atoms in total. The lowest BCUT2D eigenvalue weighted by Crippen LogP contribution is -2.24. The van der Waals surface area contributed by atoms with Crippen LogP contribution in [0.5, 0.6) is 0 Å². The number of anilines is 2. The molecule has 0 spiro atoms. The number of carbonyl (C=O) groups excluding carboxylic acids is 1. The first-order valence-corrected chi connectivity index (χ1v) is 12.2. The molecule has 0 amide bonds. The van der Waals surface area contributed by atoms with Gasteiger partial charge in [-0.2, -0.15) is 9.97 Å². The Hall–Kier alpha value is -3.07. The first-order chi connectivity index (χ1) is 15.8. The van der Waals surface area contributed by atoms with Crippen molar-refractivity contribution < 1.29 is 4.79 Å². The van der Waals surface area contributed by atoms with Gasteiger partial charge in [0.05, 0.1) is 29.1 Å². The number of fused-ring (bicyclic) bond motifs is 2. The Morgan fingerprint density at radius 2 is 1.94 bits per heavy atom. The molecule has 6 rings (SSSR count). The largest absolute Gasteiger partial charge is 0.362 e. The average molecular weight is 448 g/mol. The fourth-order valence-electron chi connectivity index (χ4n) is 4.73. The van der Waals surface area contributed by atoms with Crippen LogP contribution in [0.4, 0.5) is 11.8 Å². The smallest absolute Gasteiger partial charge is 0.229 e. The van der Waals surface area contributed by atoms with Crippen molar-refractivity contribution in [2.45, 2.75) is 51.1 Å². The predicted molar refractivity (Wildman–Crippen MR) is 126 cm³/mol. The van der Waals surface area contributed by atoms with Crippen LogP contribution in [0, 0.1) is 0 Å². The fourth-order valence-corrected chi connectivity index (χ4v) is 5.64. The molecule has 0 radical (unpaired) electrons. The molecule has 1 aliphatic carbocycles. The Balaban J connectivity index is 1.38. The Bertz CT molecular complexity index is 1260. The number of nitrogens with zero attached hydrogens (tertiary/aromatic N) is 6. The predicted octanol–water partition coefficient (Wildman–Crippen LogP) is 4.33. The Morgan fingerprint density at radius 1 is 1.06 bits per heavy atom. The molecule has 1 saturated carbocycles. The van der Waals surface area contributed by atoms with Crippen molar-refractivity contribution in [1.29, 1.82) is 0 Å². The fraction of sp³-hybridized carbons (Fsp3) is 0.435. The number of benzene rings is 1. The van der Waals surface area contributed by atoms with Gasteiger partial charge in [0, 0.05) is 19.5 Å². The first-order valence-electron chi connectivity index (χ1n) is 11.4. The van der Waals surface area contributed by atoms with Crippen LogP contribution in [-0.2, 0) is 11.3 Å². The van der Waals surface area contributed by atoms with Crippen molar-refractivity contribution >= 4 is 50.3 Å². The molecular formula is C23H25N7OS. The van der Waals surface area contributed by atoms with E-state index in [0.717, 1.165) is 61.4 Å². The molecule has 4 aromatic rings. The Kier molecular flexibility index (Phi) is 4.98. The van der Waals surface area contributed by atoms with Crippen molar-refractivity contribution in [3.63, 3.8) is 0 Å². The van der Waals surface area contributed by atoms with Gasteiger partial charge < -0.3 is 14.8 Å². The van der Waals surface area contributed by atoms with Gasteiger partial charge >= 0.3 is 0 Å². The maximum Gasteiger partial charge on any atom is 0.229 e. The molecule has 32 heavy (non-hydrogen) atoms. The molecule has 1 aliphatic heterocycles. The van der Waals surface area contributed by atoms with Gasteiger partial charge in [0.25, 0.3) is 0 Å². The summed E-state index contributed by atoms with van der Waals surface area (Å²) < 4.78 is 3.15. The van der Waals surface area contributed by atoms with Gasteiger partial charge in [-0.3, -0.25) is 4.79 Å². The minimum absolute atomic E-state index is 0.174. The quantitative estimate of drug-likeness (QED) is 0.487. The van der Waals surface area contributed by atoms with Crippen LogP contribution < -0.4 is 10.2 Å². The van der Waals surface area contributed by atoms with Crippen LogP contribution in [0.1, 0.15) is 49.6 Å². The van der Waals surface area contributed by atoms with Crippen LogP contribution in [0.3, 0.4) is 0 Å². The summed E-state index contributed by atoms with van der Waals surface area (Å²) in [7, 11) is 0. The first kappa shape index (κ1) is 19.6. The van der Waals surface area contributed by atoms with Crippen LogP contribution in [0.2, 0.25) is 0 Å². The van der Waals surface area contributed by atoms with E-state index in [1.54, 1.807) is 17.7 Å². The zero-order chi connectivity index (χ0) is 21.5. The van der Waals surface area contributed by atoms with E-state index in [1.807, 2.05) is 22.8 Å². The maximum absolute atomic E-state index is 12.6. The minimum atomic E-state index is -0.174. The lowest BCUT2D eigenvalue weighted by atomic mass is 9.94. The van der Waals surface area contributed by atoms with Crippen molar-refractivity contribution in [3.05, 3.63) is 35.6 Å². The van der Waals surface area contributed by atoms with E-state index >= 15 is 0 Å². The standard InChI is InChI=1S/C23H25N7OS/c31-17-9-3-2-8-16(17)30-14-25-20-21(27-23(28-22(20)30)29-11-5-6-12-29)24-13-19-26-15-7-1-4-10-18(15)32-19/h1,4,7,10,14,16H,2-3,5-6,8-9,11-13H2,(H,24,27,28). The number of carbonyl (C=O) groups is 1. The van der Waals surface area contributed by atoms with Crippen LogP contribution in [0.25, 0.3) is 21.4 Å². The summed E-state index contributed by atoms with van der Waals surface area (Å²) >= 11 is 1.68. The molecule has 1 unspecified atom stereocenters. The SMILES string of the molecule is O=C1CCCCC1n1cnc2c(NCc3nc4ccccc4s3)nc(N3CCCC3)nc21. The van der Waals surface area contributed by atoms with E-state index in [1.165, 1.54) is 4.70 Å². The van der Waals surface area contributed by atoms with Gasteiger partial charge in [0.15, 0.2) is 22.8 Å². The van der Waals surface area contributed by atoms with Crippen LogP contribution in [-0.4, -0.2) is 43.4 Å². The number of aromatic nitrogens is 5. The topological polar surface area (TPSA) is 88.8 Å². The lowest BCUT2D eigenvalue weighted by molar-refractivity contribution is -0.123. The molecular weight excluding hydrogens is 422 g/mol. The number of hydrogen-bond donors (Lipinski definition) is 1.